The lowest BCUT2D eigenvalue weighted by atomic mass is 10.3. The van der Waals surface area contributed by atoms with E-state index in [1.54, 1.807) is 6.92 Å². The van der Waals surface area contributed by atoms with Gasteiger partial charge in [-0.1, -0.05) is 11.6 Å². The Balaban J connectivity index is 2.44. The Labute approximate surface area is 124 Å². The van der Waals surface area contributed by atoms with Crippen LogP contribution in [0, 0.1) is 6.92 Å². The van der Waals surface area contributed by atoms with Crippen molar-refractivity contribution in [2.75, 3.05) is 4.72 Å². The van der Waals surface area contributed by atoms with E-state index in [9.17, 15) is 13.2 Å². The van der Waals surface area contributed by atoms with Gasteiger partial charge in [-0.25, -0.2) is 18.2 Å². The average Bonchev–Trinajstić information content (AvgIpc) is 2.83. The van der Waals surface area contributed by atoms with Crippen LogP contribution < -0.4 is 4.72 Å². The summed E-state index contributed by atoms with van der Waals surface area (Å²) in [7, 11) is -4.03. The molecule has 0 aromatic carbocycles. The average molecular weight is 333 g/mol. The van der Waals surface area contributed by atoms with Crippen molar-refractivity contribution in [3.63, 3.8) is 0 Å². The molecule has 0 saturated heterocycles. The van der Waals surface area contributed by atoms with Crippen molar-refractivity contribution in [2.24, 2.45) is 0 Å². The number of hydrogen-bond donors (Lipinski definition) is 2. The van der Waals surface area contributed by atoms with E-state index < -0.39 is 16.0 Å². The summed E-state index contributed by atoms with van der Waals surface area (Å²) in [4.78, 5) is 14.3. The molecule has 9 heteroatoms. The van der Waals surface area contributed by atoms with Crippen LogP contribution in [0.3, 0.4) is 0 Å². The maximum Gasteiger partial charge on any atom is 0.347 e. The number of anilines is 1. The Bertz CT molecular complexity index is 770. The van der Waals surface area contributed by atoms with Gasteiger partial charge in [-0.3, -0.25) is 4.72 Å². The van der Waals surface area contributed by atoms with E-state index >= 15 is 0 Å². The number of halogens is 1. The summed E-state index contributed by atoms with van der Waals surface area (Å²) in [6.07, 6.45) is 1.49. The number of rotatable bonds is 4. The van der Waals surface area contributed by atoms with Gasteiger partial charge < -0.3 is 5.11 Å². The summed E-state index contributed by atoms with van der Waals surface area (Å²) < 4.78 is 26.6. The van der Waals surface area contributed by atoms with Gasteiger partial charge in [0, 0.05) is 6.20 Å². The molecule has 20 heavy (non-hydrogen) atoms. The number of carbonyl (C=O) groups is 1. The molecular weight excluding hydrogens is 324 g/mol. The van der Waals surface area contributed by atoms with E-state index in [0.717, 1.165) is 16.9 Å². The minimum Gasteiger partial charge on any atom is -0.477 e. The predicted octanol–water partition coefficient (Wildman–Crippen LogP) is 2.60. The van der Waals surface area contributed by atoms with Gasteiger partial charge >= 0.3 is 5.97 Å². The van der Waals surface area contributed by atoms with Crippen molar-refractivity contribution in [3.8, 4) is 0 Å². The molecule has 2 rings (SSSR count). The van der Waals surface area contributed by atoms with Crippen molar-refractivity contribution in [2.45, 2.75) is 11.8 Å². The van der Waals surface area contributed by atoms with Gasteiger partial charge in [0.05, 0.1) is 5.69 Å². The highest BCUT2D eigenvalue weighted by Gasteiger charge is 2.24. The first-order valence-corrected chi connectivity index (χ1v) is 8.01. The zero-order valence-electron chi connectivity index (χ0n) is 10.1. The normalized spacial score (nSPS) is 11.3. The number of sulfonamides is 1. The second-order valence-corrected chi connectivity index (χ2v) is 6.80. The third kappa shape index (κ3) is 2.92. The molecule has 0 unspecified atom stereocenters. The zero-order valence-corrected chi connectivity index (χ0v) is 12.5. The first-order valence-electron chi connectivity index (χ1n) is 5.27. The fourth-order valence-electron chi connectivity index (χ4n) is 1.49. The van der Waals surface area contributed by atoms with Gasteiger partial charge in [-0.2, -0.15) is 0 Å². The molecular formula is C11H9ClN2O4S2. The van der Waals surface area contributed by atoms with Gasteiger partial charge in [-0.05, 0) is 30.0 Å². The topological polar surface area (TPSA) is 96.4 Å². The summed E-state index contributed by atoms with van der Waals surface area (Å²) in [5.74, 6) is -1.30. The predicted molar refractivity (Wildman–Crippen MR) is 76.1 cm³/mol. The fraction of sp³-hybridized carbons (Fsp3) is 0.0909. The zero-order chi connectivity index (χ0) is 14.9. The number of thiophene rings is 1. The van der Waals surface area contributed by atoms with Crippen LogP contribution in [0.4, 0.5) is 5.69 Å². The van der Waals surface area contributed by atoms with Crippen LogP contribution in [-0.4, -0.2) is 24.5 Å². The lowest BCUT2D eigenvalue weighted by molar-refractivity contribution is 0.0698. The lowest BCUT2D eigenvalue weighted by Crippen LogP contribution is -2.15. The maximum atomic E-state index is 12.2. The molecule has 0 bridgehead atoms. The second kappa shape index (κ2) is 5.39. The Morgan fingerprint density at radius 2 is 2.20 bits per heavy atom. The van der Waals surface area contributed by atoms with Gasteiger partial charge in [0.2, 0.25) is 0 Å². The van der Waals surface area contributed by atoms with Crippen molar-refractivity contribution in [1.29, 1.82) is 0 Å². The number of carboxylic acid groups (broad SMARTS) is 1. The van der Waals surface area contributed by atoms with Crippen molar-refractivity contribution >= 4 is 44.6 Å². The molecule has 2 N–H and O–H groups in total. The molecule has 0 saturated carbocycles. The molecule has 0 aliphatic heterocycles. The van der Waals surface area contributed by atoms with E-state index in [4.69, 9.17) is 16.7 Å². The first-order chi connectivity index (χ1) is 9.31. The Morgan fingerprint density at radius 3 is 2.85 bits per heavy atom. The first kappa shape index (κ1) is 14.8. The summed E-state index contributed by atoms with van der Waals surface area (Å²) in [6, 6.07) is 2.74. The SMILES string of the molecule is Cc1cnc(Cl)c(NS(=O)(=O)c2ccsc2C(=O)O)c1. The van der Waals surface area contributed by atoms with E-state index in [1.807, 2.05) is 0 Å². The smallest absolute Gasteiger partial charge is 0.347 e. The molecule has 2 aromatic heterocycles. The minimum atomic E-state index is -4.03. The molecule has 0 spiro atoms. The molecule has 0 amide bonds. The fourth-order valence-corrected chi connectivity index (χ4v) is 4.01. The quantitative estimate of drug-likeness (QED) is 0.839. The van der Waals surface area contributed by atoms with Crippen molar-refractivity contribution in [1.82, 2.24) is 4.98 Å². The number of nitrogens with one attached hydrogen (secondary N) is 1. The number of pyridine rings is 1. The number of aryl methyl sites for hydroxylation is 1. The third-order valence-electron chi connectivity index (χ3n) is 2.33. The maximum absolute atomic E-state index is 12.2. The highest BCUT2D eigenvalue weighted by molar-refractivity contribution is 7.93. The van der Waals surface area contributed by atoms with Gasteiger partial charge in [0.25, 0.3) is 10.0 Å². The number of carboxylic acids is 1. The molecule has 0 radical (unpaired) electrons. The Hall–Kier alpha value is -1.64. The van der Waals surface area contributed by atoms with Crippen LogP contribution >= 0.6 is 22.9 Å². The van der Waals surface area contributed by atoms with Crippen LogP contribution in [0.25, 0.3) is 0 Å². The van der Waals surface area contributed by atoms with E-state index in [1.165, 1.54) is 23.7 Å². The Kier molecular flexibility index (Phi) is 3.98. The molecule has 0 atom stereocenters. The molecule has 0 aliphatic carbocycles. The van der Waals surface area contributed by atoms with Crippen LogP contribution in [0.1, 0.15) is 15.2 Å². The number of nitrogens with zero attached hydrogens (tertiary/aromatic N) is 1. The van der Waals surface area contributed by atoms with E-state index in [-0.39, 0.29) is 20.6 Å². The van der Waals surface area contributed by atoms with E-state index in [2.05, 4.69) is 9.71 Å². The molecule has 2 aromatic rings. The summed E-state index contributed by atoms with van der Waals surface area (Å²) >= 11 is 6.65. The van der Waals surface area contributed by atoms with Crippen molar-refractivity contribution in [3.05, 3.63) is 39.3 Å². The minimum absolute atomic E-state index is 0.00807. The highest BCUT2D eigenvalue weighted by Crippen LogP contribution is 2.27. The van der Waals surface area contributed by atoms with Crippen LogP contribution in [0.2, 0.25) is 5.15 Å². The Morgan fingerprint density at radius 1 is 1.50 bits per heavy atom. The number of hydrogen-bond acceptors (Lipinski definition) is 5. The van der Waals surface area contributed by atoms with Crippen molar-refractivity contribution < 1.29 is 18.3 Å². The molecule has 106 valence electrons. The largest absolute Gasteiger partial charge is 0.477 e. The summed E-state index contributed by atoms with van der Waals surface area (Å²) in [5, 5.41) is 10.4. The second-order valence-electron chi connectivity index (χ2n) is 3.88. The standard InChI is InChI=1S/C11H9ClN2O4S2/c1-6-4-7(10(12)13-5-6)14-20(17,18)8-2-3-19-9(8)11(15)16/h2-5,14H,1H3,(H,15,16). The number of aromatic carboxylic acids is 1. The van der Waals surface area contributed by atoms with Crippen LogP contribution in [0.5, 0.6) is 0 Å². The third-order valence-corrected chi connectivity index (χ3v) is 5.07. The monoisotopic (exact) mass is 332 g/mol. The van der Waals surface area contributed by atoms with Gasteiger partial charge in [0.15, 0.2) is 5.15 Å². The lowest BCUT2D eigenvalue weighted by Gasteiger charge is -2.09. The molecule has 6 nitrogen and oxygen atoms in total. The number of aromatic nitrogens is 1. The summed E-state index contributed by atoms with van der Waals surface area (Å²) in [6.45, 7) is 1.73. The van der Waals surface area contributed by atoms with Gasteiger partial charge in [0.1, 0.15) is 9.77 Å². The summed E-state index contributed by atoms with van der Waals surface area (Å²) in [5.41, 5.74) is 0.824. The highest BCUT2D eigenvalue weighted by atomic mass is 35.5. The molecule has 0 fully saturated rings. The molecule has 0 aliphatic rings. The van der Waals surface area contributed by atoms with Gasteiger partial charge in [-0.15, -0.1) is 11.3 Å². The van der Waals surface area contributed by atoms with Crippen LogP contribution in [0.15, 0.2) is 28.6 Å². The molecule has 2 heterocycles. The van der Waals surface area contributed by atoms with Crippen LogP contribution in [-0.2, 0) is 10.0 Å². The van der Waals surface area contributed by atoms with E-state index in [0.29, 0.717) is 0 Å².